The molecule has 8 nitrogen and oxygen atoms in total. The van der Waals surface area contributed by atoms with Crippen molar-refractivity contribution < 1.29 is 4.79 Å². The van der Waals surface area contributed by atoms with Crippen molar-refractivity contribution >= 4 is 27.7 Å². The van der Waals surface area contributed by atoms with Gasteiger partial charge in [0, 0.05) is 50.5 Å². The first-order valence-electron chi connectivity index (χ1n) is 11.1. The highest BCUT2D eigenvalue weighted by Gasteiger charge is 2.25. The van der Waals surface area contributed by atoms with Crippen LogP contribution in [0.15, 0.2) is 35.3 Å². The first-order chi connectivity index (χ1) is 15.0. The van der Waals surface area contributed by atoms with E-state index < -0.39 is 6.04 Å². The summed E-state index contributed by atoms with van der Waals surface area (Å²) >= 11 is 0. The minimum atomic E-state index is -0.443. The lowest BCUT2D eigenvalue weighted by molar-refractivity contribution is -0.124. The Kier molecular flexibility index (Phi) is 6.38. The van der Waals surface area contributed by atoms with Gasteiger partial charge in [0.15, 0.2) is 0 Å². The molecule has 1 aliphatic heterocycles. The summed E-state index contributed by atoms with van der Waals surface area (Å²) in [6, 6.07) is 7.40. The number of fused-ring (bicyclic) bond motifs is 3. The number of benzene rings is 1. The quantitative estimate of drug-likeness (QED) is 0.583. The highest BCUT2D eigenvalue weighted by atomic mass is 16.2. The molecule has 1 amide bonds. The second-order valence-electron chi connectivity index (χ2n) is 8.44. The van der Waals surface area contributed by atoms with Crippen LogP contribution in [0, 0.1) is 0 Å². The van der Waals surface area contributed by atoms with E-state index >= 15 is 0 Å². The topological polar surface area (TPSA) is 75.4 Å². The summed E-state index contributed by atoms with van der Waals surface area (Å²) in [5.41, 5.74) is 1.25. The predicted molar refractivity (Wildman–Crippen MR) is 123 cm³/mol. The summed E-state index contributed by atoms with van der Waals surface area (Å²) in [5.74, 6) is -0.0394. The fourth-order valence-electron chi connectivity index (χ4n) is 4.50. The maximum atomic E-state index is 13.2. The van der Waals surface area contributed by atoms with Crippen molar-refractivity contribution in [2.75, 3.05) is 46.3 Å². The molecule has 0 saturated carbocycles. The highest BCUT2D eigenvalue weighted by molar-refractivity contribution is 6.08. The van der Waals surface area contributed by atoms with Crippen molar-refractivity contribution in [3.05, 3.63) is 40.8 Å². The van der Waals surface area contributed by atoms with E-state index in [9.17, 15) is 9.59 Å². The largest absolute Gasteiger partial charge is 0.354 e. The van der Waals surface area contributed by atoms with Gasteiger partial charge < -0.3 is 19.7 Å². The number of likely N-dealkylation sites (N-methyl/N-ethyl adjacent to an activating group) is 1. The molecule has 0 radical (unpaired) electrons. The summed E-state index contributed by atoms with van der Waals surface area (Å²) in [7, 11) is 3.80. The maximum Gasteiger partial charge on any atom is 0.291 e. The Morgan fingerprint density at radius 3 is 2.61 bits per heavy atom. The number of hydrogen-bond donors (Lipinski definition) is 1. The molecule has 1 fully saturated rings. The van der Waals surface area contributed by atoms with Crippen molar-refractivity contribution in [3.8, 4) is 0 Å². The molecule has 3 heterocycles. The normalized spacial score (nSPS) is 16.7. The van der Waals surface area contributed by atoms with E-state index in [0.717, 1.165) is 55.4 Å². The molecular formula is C23H32N6O2. The molecule has 1 aliphatic rings. The minimum Gasteiger partial charge on any atom is -0.354 e. The molecule has 0 spiro atoms. The van der Waals surface area contributed by atoms with Gasteiger partial charge in [-0.3, -0.25) is 9.59 Å². The molecule has 0 aliphatic carbocycles. The molecule has 2 aromatic heterocycles. The molecule has 166 valence electrons. The fourth-order valence-corrected chi connectivity index (χ4v) is 4.50. The van der Waals surface area contributed by atoms with Gasteiger partial charge >= 0.3 is 0 Å². The number of carbonyl (C=O) groups is 1. The van der Waals surface area contributed by atoms with E-state index in [-0.39, 0.29) is 11.5 Å². The standard InChI is InChI=1S/C23H32N6O2/c1-4-19(22(30)24-10-7-11-28-14-12-26(2)13-15-28)29-20-9-6-5-8-17(20)18-16-25-27(3)23(31)21(18)29/h5-6,8-9,16,19H,4,7,10-15H2,1-3H3,(H,24,30)/t19-/m0/s1. The Bertz CT molecular complexity index is 1130. The van der Waals surface area contributed by atoms with E-state index in [1.54, 1.807) is 13.2 Å². The van der Waals surface area contributed by atoms with Crippen LogP contribution in [0.4, 0.5) is 0 Å². The average molecular weight is 425 g/mol. The first kappa shape index (κ1) is 21.5. The molecule has 8 heteroatoms. The Labute approximate surface area is 182 Å². The Hall–Kier alpha value is -2.71. The summed E-state index contributed by atoms with van der Waals surface area (Å²) in [6.07, 6.45) is 3.24. The number of nitrogens with one attached hydrogen (secondary N) is 1. The second-order valence-corrected chi connectivity index (χ2v) is 8.44. The number of carbonyl (C=O) groups excluding carboxylic acids is 1. The van der Waals surface area contributed by atoms with E-state index in [2.05, 4.69) is 27.3 Å². The van der Waals surface area contributed by atoms with Gasteiger partial charge in [-0.1, -0.05) is 25.1 Å². The van der Waals surface area contributed by atoms with E-state index in [1.807, 2.05) is 35.8 Å². The van der Waals surface area contributed by atoms with E-state index in [1.165, 1.54) is 4.68 Å². The van der Waals surface area contributed by atoms with Gasteiger partial charge in [-0.05, 0) is 32.5 Å². The van der Waals surface area contributed by atoms with Crippen LogP contribution in [0.2, 0.25) is 0 Å². The third-order valence-electron chi connectivity index (χ3n) is 6.35. The number of hydrogen-bond acceptors (Lipinski definition) is 5. The van der Waals surface area contributed by atoms with Crippen LogP contribution in [0.3, 0.4) is 0 Å². The van der Waals surface area contributed by atoms with Crippen LogP contribution >= 0.6 is 0 Å². The third kappa shape index (κ3) is 4.22. The van der Waals surface area contributed by atoms with Gasteiger partial charge in [0.2, 0.25) is 5.91 Å². The molecular weight excluding hydrogens is 392 g/mol. The number of rotatable bonds is 7. The summed E-state index contributed by atoms with van der Waals surface area (Å²) in [4.78, 5) is 30.9. The summed E-state index contributed by atoms with van der Waals surface area (Å²) < 4.78 is 3.24. The zero-order chi connectivity index (χ0) is 22.0. The van der Waals surface area contributed by atoms with Crippen molar-refractivity contribution in [3.63, 3.8) is 0 Å². The number of amides is 1. The summed E-state index contributed by atoms with van der Waals surface area (Å²) in [6.45, 7) is 7.98. The second kappa shape index (κ2) is 9.20. The van der Waals surface area contributed by atoms with Crippen molar-refractivity contribution in [1.29, 1.82) is 0 Å². The van der Waals surface area contributed by atoms with Gasteiger partial charge in [-0.2, -0.15) is 5.10 Å². The molecule has 3 aromatic rings. The van der Waals surface area contributed by atoms with Gasteiger partial charge in [-0.15, -0.1) is 0 Å². The number of piperazine rings is 1. The minimum absolute atomic E-state index is 0.0394. The van der Waals surface area contributed by atoms with Gasteiger partial charge in [0.05, 0.1) is 11.7 Å². The Balaban J connectivity index is 1.53. The van der Waals surface area contributed by atoms with E-state index in [0.29, 0.717) is 18.5 Å². The first-order valence-corrected chi connectivity index (χ1v) is 11.1. The molecule has 1 saturated heterocycles. The number of aryl methyl sites for hydroxylation is 1. The van der Waals surface area contributed by atoms with Crippen LogP contribution in [0.5, 0.6) is 0 Å². The lowest BCUT2D eigenvalue weighted by Crippen LogP contribution is -2.45. The molecule has 1 aromatic carbocycles. The Morgan fingerprint density at radius 1 is 1.13 bits per heavy atom. The number of para-hydroxylation sites is 1. The highest BCUT2D eigenvalue weighted by Crippen LogP contribution is 2.30. The smallest absolute Gasteiger partial charge is 0.291 e. The van der Waals surface area contributed by atoms with E-state index in [4.69, 9.17) is 0 Å². The van der Waals surface area contributed by atoms with Crippen LogP contribution in [-0.2, 0) is 11.8 Å². The van der Waals surface area contributed by atoms with Gasteiger partial charge in [0.1, 0.15) is 11.6 Å². The molecule has 0 unspecified atom stereocenters. The van der Waals surface area contributed by atoms with Crippen molar-refractivity contribution in [1.82, 2.24) is 29.5 Å². The summed E-state index contributed by atoms with van der Waals surface area (Å²) in [5, 5.41) is 9.05. The van der Waals surface area contributed by atoms with Crippen molar-refractivity contribution in [2.45, 2.75) is 25.8 Å². The molecule has 1 N–H and O–H groups in total. The number of aromatic nitrogens is 3. The lowest BCUT2D eigenvalue weighted by atomic mass is 10.2. The lowest BCUT2D eigenvalue weighted by Gasteiger charge is -2.32. The van der Waals surface area contributed by atoms with Crippen molar-refractivity contribution in [2.24, 2.45) is 7.05 Å². The fraction of sp³-hybridized carbons (Fsp3) is 0.522. The number of nitrogens with zero attached hydrogens (tertiary/aromatic N) is 5. The Morgan fingerprint density at radius 2 is 1.87 bits per heavy atom. The molecule has 0 bridgehead atoms. The molecule has 31 heavy (non-hydrogen) atoms. The van der Waals surface area contributed by atoms with Crippen LogP contribution in [0.25, 0.3) is 21.8 Å². The average Bonchev–Trinajstić information content (AvgIpc) is 3.11. The zero-order valence-electron chi connectivity index (χ0n) is 18.7. The van der Waals surface area contributed by atoms with Gasteiger partial charge in [-0.25, -0.2) is 4.68 Å². The maximum absolute atomic E-state index is 13.2. The SMILES string of the molecule is CC[C@@H](C(=O)NCCCN1CCN(C)CC1)n1c2ccccc2c2cnn(C)c(=O)c21. The molecule has 1 atom stereocenters. The van der Waals surface area contributed by atoms with Crippen LogP contribution in [0.1, 0.15) is 25.8 Å². The van der Waals surface area contributed by atoms with Crippen LogP contribution < -0.4 is 10.9 Å². The monoisotopic (exact) mass is 424 g/mol. The third-order valence-corrected chi connectivity index (χ3v) is 6.35. The predicted octanol–water partition coefficient (Wildman–Crippen LogP) is 1.59. The van der Waals surface area contributed by atoms with Gasteiger partial charge in [0.25, 0.3) is 5.56 Å². The van der Waals surface area contributed by atoms with Crippen LogP contribution in [-0.4, -0.2) is 76.4 Å². The zero-order valence-corrected chi connectivity index (χ0v) is 18.7. The molecule has 4 rings (SSSR count).